The fourth-order valence-corrected chi connectivity index (χ4v) is 18.0. The van der Waals surface area contributed by atoms with Crippen molar-refractivity contribution in [1.29, 1.82) is 0 Å². The van der Waals surface area contributed by atoms with Crippen LogP contribution in [0.25, 0.3) is 0 Å². The minimum Gasteiger partial charge on any atom is -0.376 e. The van der Waals surface area contributed by atoms with Crippen LogP contribution in [0.2, 0.25) is 64.0 Å². The number of fused-ring (bicyclic) bond motifs is 2. The van der Waals surface area contributed by atoms with Crippen molar-refractivity contribution < 1.29 is 4.74 Å². The molecule has 0 heterocycles. The second-order valence-corrected chi connectivity index (χ2v) is 33.4. The molecule has 4 atom stereocenters. The van der Waals surface area contributed by atoms with Crippen molar-refractivity contribution in [2.45, 2.75) is 152 Å². The van der Waals surface area contributed by atoms with Crippen molar-refractivity contribution in [2.75, 3.05) is 6.61 Å². The highest BCUT2D eigenvalue weighted by atomic mass is 28.3. The zero-order chi connectivity index (χ0) is 30.1. The lowest BCUT2D eigenvalue weighted by Crippen LogP contribution is -2.44. The fourth-order valence-electron chi connectivity index (χ4n) is 8.52. The maximum Gasteiger partial charge on any atom is 0.0658 e. The number of rotatable bonds is 13. The summed E-state index contributed by atoms with van der Waals surface area (Å²) in [4.78, 5) is 0. The van der Waals surface area contributed by atoms with Gasteiger partial charge in [0.2, 0.25) is 0 Å². The zero-order valence-corrected chi connectivity index (χ0v) is 31.4. The second-order valence-electron chi connectivity index (χ2n) is 17.4. The Labute approximate surface area is 257 Å². The minimum atomic E-state index is -1.72. The summed E-state index contributed by atoms with van der Waals surface area (Å²) in [6.07, 6.45) is 8.10. The molecule has 0 radical (unpaired) electrons. The molecule has 0 aliphatic heterocycles. The van der Waals surface area contributed by atoms with E-state index in [1.165, 1.54) is 56.7 Å². The first-order valence-corrected chi connectivity index (χ1v) is 27.2. The highest BCUT2D eigenvalue weighted by Gasteiger charge is 2.52. The Morgan fingerprint density at radius 3 is 1.44 bits per heavy atom. The molecule has 2 aliphatic carbocycles. The van der Waals surface area contributed by atoms with Gasteiger partial charge in [0.1, 0.15) is 0 Å². The van der Waals surface area contributed by atoms with E-state index in [2.05, 4.69) is 115 Å². The first kappa shape index (κ1) is 33.0. The lowest BCUT2D eigenvalue weighted by atomic mass is 10.0. The van der Waals surface area contributed by atoms with E-state index in [9.17, 15) is 0 Å². The van der Waals surface area contributed by atoms with Crippen LogP contribution in [-0.2, 0) is 4.74 Å². The predicted molar refractivity (Wildman–Crippen MR) is 190 cm³/mol. The molecule has 0 amide bonds. The second kappa shape index (κ2) is 13.0. The molecule has 0 spiro atoms. The molecule has 2 aromatic rings. The van der Waals surface area contributed by atoms with Gasteiger partial charge in [0.05, 0.1) is 13.7 Å². The van der Waals surface area contributed by atoms with E-state index in [0.29, 0.717) is 0 Å². The summed E-state index contributed by atoms with van der Waals surface area (Å²) in [6.45, 7) is 25.8. The Morgan fingerprint density at radius 2 is 1.02 bits per heavy atom. The number of hydrogen-bond donors (Lipinski definition) is 0. The molecule has 2 aliphatic rings. The maximum absolute atomic E-state index is 6.04. The largest absolute Gasteiger partial charge is 0.376 e. The Bertz CT molecular complexity index is 1060. The normalized spacial score (nSPS) is 24.2. The molecular weight excluding hydrogens is 545 g/mol. The first-order valence-electron chi connectivity index (χ1n) is 16.9. The average molecular weight is 607 g/mol. The first-order chi connectivity index (χ1) is 19.1. The third-order valence-electron chi connectivity index (χ3n) is 10.1. The molecule has 0 bridgehead atoms. The van der Waals surface area contributed by atoms with Gasteiger partial charge in [0.15, 0.2) is 0 Å². The van der Waals surface area contributed by atoms with E-state index in [0.717, 1.165) is 29.5 Å². The highest BCUT2D eigenvalue weighted by molar-refractivity contribution is 6.81. The van der Waals surface area contributed by atoms with Gasteiger partial charge in [-0.25, -0.2) is 0 Å². The number of ether oxygens (including phenoxy) is 1. The summed E-state index contributed by atoms with van der Waals surface area (Å²) in [5, 5.41) is 0. The van der Waals surface area contributed by atoms with Crippen LogP contribution in [-0.4, -0.2) is 36.4 Å². The molecule has 0 saturated carbocycles. The number of unbranched alkanes of at least 4 members (excludes halogenated alkanes) is 3. The van der Waals surface area contributed by atoms with E-state index in [1.807, 2.05) is 0 Å². The lowest BCUT2D eigenvalue weighted by Gasteiger charge is -2.41. The smallest absolute Gasteiger partial charge is 0.0658 e. The van der Waals surface area contributed by atoms with Crippen molar-refractivity contribution in [3.8, 4) is 0 Å². The summed E-state index contributed by atoms with van der Waals surface area (Å²) in [5.41, 5.74) is 8.55. The summed E-state index contributed by atoms with van der Waals surface area (Å²) in [6, 6.07) is 23.9. The Hall–Kier alpha value is -0.949. The van der Waals surface area contributed by atoms with E-state index in [-0.39, 0.29) is 5.60 Å². The van der Waals surface area contributed by atoms with Crippen LogP contribution in [0, 0.1) is 0 Å². The third-order valence-corrected chi connectivity index (χ3v) is 19.3. The Kier molecular flexibility index (Phi) is 10.4. The van der Waals surface area contributed by atoms with E-state index < -0.39 is 24.2 Å². The standard InChI is InChI=1S/C37H62OSi3/c1-37(2,3)38-23-17-11-12-18-24-41(10,35-25-29(27-39(4,5)6)31-19-13-15-21-33(31)35)36-26-30(28-40(7,8)9)32-20-14-16-22-34(32)36/h13-16,19-22,29-30,35-36H,11-12,17-18,23-28H2,1-10H3. The summed E-state index contributed by atoms with van der Waals surface area (Å²) in [7, 11) is -4.03. The minimum absolute atomic E-state index is 0.0177. The van der Waals surface area contributed by atoms with Gasteiger partial charge in [-0.1, -0.05) is 132 Å². The maximum atomic E-state index is 6.04. The van der Waals surface area contributed by atoms with Gasteiger partial charge in [-0.05, 0) is 85.2 Å². The quantitative estimate of drug-likeness (QED) is 0.163. The van der Waals surface area contributed by atoms with Gasteiger partial charge >= 0.3 is 0 Å². The van der Waals surface area contributed by atoms with Gasteiger partial charge < -0.3 is 4.74 Å². The van der Waals surface area contributed by atoms with Crippen LogP contribution in [0.4, 0.5) is 0 Å². The lowest BCUT2D eigenvalue weighted by molar-refractivity contribution is -0.00471. The molecule has 0 N–H and O–H groups in total. The molecule has 1 nitrogen and oxygen atoms in total. The van der Waals surface area contributed by atoms with Gasteiger partial charge in [-0.3, -0.25) is 0 Å². The Balaban J connectivity index is 1.62. The van der Waals surface area contributed by atoms with Crippen LogP contribution in [0.1, 0.15) is 104 Å². The third kappa shape index (κ3) is 8.58. The number of benzene rings is 2. The van der Waals surface area contributed by atoms with Crippen molar-refractivity contribution in [3.05, 3.63) is 70.8 Å². The molecule has 41 heavy (non-hydrogen) atoms. The Morgan fingerprint density at radius 1 is 0.610 bits per heavy atom. The van der Waals surface area contributed by atoms with Crippen molar-refractivity contribution in [1.82, 2.24) is 0 Å². The number of hydrogen-bond acceptors (Lipinski definition) is 1. The summed E-state index contributed by atoms with van der Waals surface area (Å²) >= 11 is 0. The van der Waals surface area contributed by atoms with Gasteiger partial charge in [-0.2, -0.15) is 0 Å². The van der Waals surface area contributed by atoms with E-state index in [1.54, 1.807) is 22.3 Å². The summed E-state index contributed by atoms with van der Waals surface area (Å²) < 4.78 is 6.04. The van der Waals surface area contributed by atoms with Gasteiger partial charge in [-0.15, -0.1) is 0 Å². The van der Waals surface area contributed by atoms with E-state index in [4.69, 9.17) is 4.74 Å². The molecule has 0 saturated heterocycles. The zero-order valence-electron chi connectivity index (χ0n) is 28.4. The molecule has 4 rings (SSSR count). The van der Waals surface area contributed by atoms with Crippen LogP contribution in [0.15, 0.2) is 48.5 Å². The molecule has 4 unspecified atom stereocenters. The van der Waals surface area contributed by atoms with Crippen LogP contribution in [0.3, 0.4) is 0 Å². The predicted octanol–water partition coefficient (Wildman–Crippen LogP) is 11.7. The fraction of sp³-hybridized carbons (Fsp3) is 0.676. The topological polar surface area (TPSA) is 9.23 Å². The van der Waals surface area contributed by atoms with Gasteiger partial charge in [0.25, 0.3) is 0 Å². The highest BCUT2D eigenvalue weighted by Crippen LogP contribution is 2.58. The molecule has 4 heteroatoms. The van der Waals surface area contributed by atoms with Crippen LogP contribution < -0.4 is 0 Å². The molecule has 0 aromatic heterocycles. The van der Waals surface area contributed by atoms with Crippen LogP contribution in [0.5, 0.6) is 0 Å². The van der Waals surface area contributed by atoms with Crippen molar-refractivity contribution in [2.24, 2.45) is 0 Å². The van der Waals surface area contributed by atoms with Gasteiger partial charge in [0, 0.05) is 22.8 Å². The monoisotopic (exact) mass is 606 g/mol. The van der Waals surface area contributed by atoms with Crippen LogP contribution >= 0.6 is 0 Å². The van der Waals surface area contributed by atoms with Crippen molar-refractivity contribution >= 4 is 24.2 Å². The summed E-state index contributed by atoms with van der Waals surface area (Å²) in [5.74, 6) is 1.55. The molecule has 228 valence electrons. The molecule has 2 aromatic carbocycles. The van der Waals surface area contributed by atoms with E-state index >= 15 is 0 Å². The van der Waals surface area contributed by atoms with Crippen molar-refractivity contribution in [3.63, 3.8) is 0 Å². The molecular formula is C37H62OSi3. The molecule has 0 fully saturated rings. The average Bonchev–Trinajstić information content (AvgIpc) is 3.40. The SMILES string of the molecule is CC(C)(C)OCCCCCC[Si](C)(C1CC(C[Si](C)(C)C)c2ccccc21)C1CC(C[Si](C)(C)C)c2ccccc21.